The summed E-state index contributed by atoms with van der Waals surface area (Å²) in [7, 11) is 2.23. The van der Waals surface area contributed by atoms with Crippen LogP contribution in [-0.4, -0.2) is 30.6 Å². The molecule has 4 rings (SSSR count). The second-order valence-electron chi connectivity index (χ2n) is 7.29. The van der Waals surface area contributed by atoms with Gasteiger partial charge in [0, 0.05) is 23.0 Å². The van der Waals surface area contributed by atoms with E-state index in [2.05, 4.69) is 11.9 Å². The van der Waals surface area contributed by atoms with Crippen molar-refractivity contribution in [1.82, 2.24) is 4.90 Å². The molecule has 2 saturated heterocycles. The van der Waals surface area contributed by atoms with Crippen molar-refractivity contribution in [2.24, 2.45) is 5.92 Å². The molecule has 2 aliphatic heterocycles. The van der Waals surface area contributed by atoms with E-state index in [-0.39, 0.29) is 5.82 Å². The van der Waals surface area contributed by atoms with E-state index >= 15 is 0 Å². The van der Waals surface area contributed by atoms with Crippen LogP contribution >= 0.6 is 11.6 Å². The molecule has 0 aromatic heterocycles. The molecule has 2 nitrogen and oxygen atoms in total. The van der Waals surface area contributed by atoms with Crippen LogP contribution in [0.3, 0.4) is 0 Å². The van der Waals surface area contributed by atoms with Crippen molar-refractivity contribution in [1.29, 1.82) is 0 Å². The smallest absolute Gasteiger partial charge is 0.123 e. The highest BCUT2D eigenvalue weighted by molar-refractivity contribution is 6.30. The second-order valence-corrected chi connectivity index (χ2v) is 7.72. The van der Waals surface area contributed by atoms with Gasteiger partial charge in [0.15, 0.2) is 0 Å². The molecule has 0 N–H and O–H groups in total. The summed E-state index contributed by atoms with van der Waals surface area (Å²) in [6, 6.07) is 15.7. The zero-order valence-corrected chi connectivity index (χ0v) is 15.1. The van der Waals surface area contributed by atoms with Gasteiger partial charge in [0.05, 0.1) is 6.61 Å². The topological polar surface area (TPSA) is 12.5 Å². The first-order valence-corrected chi connectivity index (χ1v) is 9.35. The van der Waals surface area contributed by atoms with E-state index in [1.165, 1.54) is 18.4 Å². The standard InChI is InChI=1S/C21H23ClFNO/c1-24-17-8-11-21(24)20(13-25-18-9-4-15(22)5-10-18)19(12-17)14-2-6-16(23)7-3-14/h2-7,9-10,17,19-21H,8,11-13H2,1H3/t17-,19+,20+,21+/m0/s1. The van der Waals surface area contributed by atoms with Crippen molar-refractivity contribution in [3.05, 3.63) is 64.9 Å². The first-order chi connectivity index (χ1) is 12.1. The third kappa shape index (κ3) is 3.40. The maximum atomic E-state index is 13.3. The van der Waals surface area contributed by atoms with Crippen molar-refractivity contribution in [3.8, 4) is 5.75 Å². The van der Waals surface area contributed by atoms with E-state index in [4.69, 9.17) is 16.3 Å². The number of fused-ring (bicyclic) bond motifs is 2. The molecule has 25 heavy (non-hydrogen) atoms. The molecule has 4 heteroatoms. The lowest BCUT2D eigenvalue weighted by atomic mass is 9.76. The van der Waals surface area contributed by atoms with Gasteiger partial charge in [-0.05, 0) is 74.2 Å². The Kier molecular flexibility index (Phi) is 4.70. The number of hydrogen-bond donors (Lipinski definition) is 0. The predicted octanol–water partition coefficient (Wildman–Crippen LogP) is 5.12. The average molecular weight is 360 g/mol. The average Bonchev–Trinajstić information content (AvgIpc) is 2.86. The van der Waals surface area contributed by atoms with E-state index in [0.29, 0.717) is 35.5 Å². The van der Waals surface area contributed by atoms with Crippen LogP contribution in [0.25, 0.3) is 0 Å². The zero-order chi connectivity index (χ0) is 17.4. The number of halogens is 2. The van der Waals surface area contributed by atoms with Crippen LogP contribution in [0.15, 0.2) is 48.5 Å². The number of rotatable bonds is 4. The quantitative estimate of drug-likeness (QED) is 0.750. The van der Waals surface area contributed by atoms with E-state index in [0.717, 1.165) is 12.2 Å². The maximum Gasteiger partial charge on any atom is 0.123 e. The SMILES string of the molecule is CN1[C@H]2CC[C@@H]1[C@H](COc1ccc(Cl)cc1)[C@@H](c1ccc(F)cc1)C2. The molecule has 132 valence electrons. The largest absolute Gasteiger partial charge is 0.493 e. The molecular formula is C21H23ClFNO. The highest BCUT2D eigenvalue weighted by Crippen LogP contribution is 2.46. The van der Waals surface area contributed by atoms with Gasteiger partial charge in [0.1, 0.15) is 11.6 Å². The molecular weight excluding hydrogens is 337 g/mol. The number of benzene rings is 2. The van der Waals surface area contributed by atoms with E-state index in [9.17, 15) is 4.39 Å². The summed E-state index contributed by atoms with van der Waals surface area (Å²) in [6.45, 7) is 0.672. The third-order valence-electron chi connectivity index (χ3n) is 5.99. The molecule has 0 radical (unpaired) electrons. The van der Waals surface area contributed by atoms with Gasteiger partial charge in [0.2, 0.25) is 0 Å². The molecule has 2 bridgehead atoms. The maximum absolute atomic E-state index is 13.3. The Hall–Kier alpha value is -1.58. The summed E-state index contributed by atoms with van der Waals surface area (Å²) in [4.78, 5) is 2.52. The first-order valence-electron chi connectivity index (χ1n) is 8.97. The number of hydrogen-bond acceptors (Lipinski definition) is 2. The normalized spacial score (nSPS) is 28.9. The molecule has 2 heterocycles. The van der Waals surface area contributed by atoms with Gasteiger partial charge < -0.3 is 9.64 Å². The summed E-state index contributed by atoms with van der Waals surface area (Å²) < 4.78 is 19.5. The van der Waals surface area contributed by atoms with Gasteiger partial charge >= 0.3 is 0 Å². The summed E-state index contributed by atoms with van der Waals surface area (Å²) in [5, 5.41) is 0.715. The molecule has 2 aromatic carbocycles. The zero-order valence-electron chi connectivity index (χ0n) is 14.4. The van der Waals surface area contributed by atoms with Gasteiger partial charge in [-0.1, -0.05) is 23.7 Å². The van der Waals surface area contributed by atoms with Crippen LogP contribution in [0.2, 0.25) is 5.02 Å². The molecule has 0 spiro atoms. The molecule has 0 aliphatic carbocycles. The van der Waals surface area contributed by atoms with E-state index in [1.807, 2.05) is 36.4 Å². The van der Waals surface area contributed by atoms with Crippen molar-refractivity contribution >= 4 is 11.6 Å². The number of ether oxygens (including phenoxy) is 1. The molecule has 4 atom stereocenters. The Balaban J connectivity index is 1.56. The second kappa shape index (κ2) is 6.97. The van der Waals surface area contributed by atoms with Crippen molar-refractivity contribution in [3.63, 3.8) is 0 Å². The molecule has 0 saturated carbocycles. The third-order valence-corrected chi connectivity index (χ3v) is 6.24. The number of piperidine rings is 1. The summed E-state index contributed by atoms with van der Waals surface area (Å²) >= 11 is 5.95. The van der Waals surface area contributed by atoms with Crippen LogP contribution in [0.1, 0.15) is 30.7 Å². The highest BCUT2D eigenvalue weighted by Gasteiger charge is 2.46. The van der Waals surface area contributed by atoms with Crippen molar-refractivity contribution in [2.45, 2.75) is 37.3 Å². The van der Waals surface area contributed by atoms with Crippen LogP contribution in [0.4, 0.5) is 4.39 Å². The minimum atomic E-state index is -0.173. The lowest BCUT2D eigenvalue weighted by Gasteiger charge is -2.43. The van der Waals surface area contributed by atoms with Crippen LogP contribution in [0.5, 0.6) is 5.75 Å². The first kappa shape index (κ1) is 16.9. The van der Waals surface area contributed by atoms with Gasteiger partial charge in [-0.15, -0.1) is 0 Å². The lowest BCUT2D eigenvalue weighted by Crippen LogP contribution is -2.47. The van der Waals surface area contributed by atoms with Gasteiger partial charge in [-0.3, -0.25) is 0 Å². The molecule has 0 amide bonds. The molecule has 2 fully saturated rings. The highest BCUT2D eigenvalue weighted by atomic mass is 35.5. The Morgan fingerprint density at radius 3 is 2.52 bits per heavy atom. The fourth-order valence-corrected chi connectivity index (χ4v) is 4.75. The lowest BCUT2D eigenvalue weighted by molar-refractivity contribution is 0.0665. The van der Waals surface area contributed by atoms with E-state index < -0.39 is 0 Å². The fraction of sp³-hybridized carbons (Fsp3) is 0.429. The Morgan fingerprint density at radius 2 is 1.80 bits per heavy atom. The predicted molar refractivity (Wildman–Crippen MR) is 98.8 cm³/mol. The molecule has 2 aromatic rings. The monoisotopic (exact) mass is 359 g/mol. The van der Waals surface area contributed by atoms with Crippen LogP contribution in [0, 0.1) is 11.7 Å². The summed E-state index contributed by atoms with van der Waals surface area (Å²) in [5.74, 6) is 1.50. The van der Waals surface area contributed by atoms with Crippen molar-refractivity contribution in [2.75, 3.05) is 13.7 Å². The van der Waals surface area contributed by atoms with Crippen molar-refractivity contribution < 1.29 is 9.13 Å². The van der Waals surface area contributed by atoms with Crippen LogP contribution < -0.4 is 4.74 Å². The molecule has 0 unspecified atom stereocenters. The Bertz CT molecular complexity index is 718. The van der Waals surface area contributed by atoms with Crippen LogP contribution in [-0.2, 0) is 0 Å². The Labute approximate surface area is 153 Å². The summed E-state index contributed by atoms with van der Waals surface area (Å²) in [6.07, 6.45) is 3.58. The Morgan fingerprint density at radius 1 is 1.08 bits per heavy atom. The van der Waals surface area contributed by atoms with Gasteiger partial charge in [-0.2, -0.15) is 0 Å². The minimum Gasteiger partial charge on any atom is -0.493 e. The van der Waals surface area contributed by atoms with Gasteiger partial charge in [-0.25, -0.2) is 4.39 Å². The molecule has 2 aliphatic rings. The van der Waals surface area contributed by atoms with E-state index in [1.54, 1.807) is 12.1 Å². The fourth-order valence-electron chi connectivity index (χ4n) is 4.62. The number of nitrogens with zero attached hydrogens (tertiary/aromatic N) is 1. The summed E-state index contributed by atoms with van der Waals surface area (Å²) in [5.41, 5.74) is 1.23. The minimum absolute atomic E-state index is 0.173. The van der Waals surface area contributed by atoms with Gasteiger partial charge in [0.25, 0.3) is 0 Å².